The Bertz CT molecular complexity index is 511. The number of nitro groups is 1. The first-order valence-electron chi connectivity index (χ1n) is 6.83. The van der Waals surface area contributed by atoms with Crippen LogP contribution in [0.5, 0.6) is 0 Å². The van der Waals surface area contributed by atoms with E-state index in [0.717, 1.165) is 25.7 Å². The van der Waals surface area contributed by atoms with Crippen LogP contribution in [-0.4, -0.2) is 16.9 Å². The third-order valence-corrected chi connectivity index (χ3v) is 3.91. The molecule has 20 heavy (non-hydrogen) atoms. The third kappa shape index (κ3) is 3.48. The molecule has 0 aliphatic heterocycles. The number of hydrogen-bond donors (Lipinski definition) is 1. The maximum Gasteiger partial charge on any atom is 0.300 e. The van der Waals surface area contributed by atoms with Crippen molar-refractivity contribution in [2.45, 2.75) is 44.6 Å². The van der Waals surface area contributed by atoms with E-state index in [-0.39, 0.29) is 22.3 Å². The van der Waals surface area contributed by atoms with E-state index in [1.54, 1.807) is 6.07 Å². The molecule has 1 aromatic rings. The largest absolute Gasteiger partial charge is 0.349 e. The van der Waals surface area contributed by atoms with E-state index in [2.05, 4.69) is 5.32 Å². The van der Waals surface area contributed by atoms with Gasteiger partial charge in [-0.05, 0) is 25.0 Å². The lowest BCUT2D eigenvalue weighted by atomic mass is 10.1. The van der Waals surface area contributed by atoms with E-state index in [0.29, 0.717) is 0 Å². The van der Waals surface area contributed by atoms with Crippen molar-refractivity contribution >= 4 is 23.2 Å². The number of carbonyl (C=O) groups excluding carboxylic acids is 1. The fourth-order valence-electron chi connectivity index (χ4n) is 2.57. The molecule has 0 heterocycles. The Morgan fingerprint density at radius 2 is 1.90 bits per heavy atom. The zero-order chi connectivity index (χ0) is 14.5. The van der Waals surface area contributed by atoms with Gasteiger partial charge in [0, 0.05) is 6.04 Å². The number of para-hydroxylation sites is 1. The van der Waals surface area contributed by atoms with Gasteiger partial charge < -0.3 is 5.32 Å². The molecule has 0 saturated heterocycles. The van der Waals surface area contributed by atoms with Gasteiger partial charge in [-0.25, -0.2) is 0 Å². The Labute approximate surface area is 122 Å². The Kier molecular flexibility index (Phi) is 4.95. The number of halogens is 1. The number of rotatable bonds is 3. The molecule has 0 bridgehead atoms. The first-order valence-corrected chi connectivity index (χ1v) is 7.21. The molecule has 1 amide bonds. The predicted molar refractivity (Wildman–Crippen MR) is 77.1 cm³/mol. The van der Waals surface area contributed by atoms with Crippen molar-refractivity contribution < 1.29 is 9.72 Å². The van der Waals surface area contributed by atoms with E-state index < -0.39 is 10.8 Å². The molecule has 0 atom stereocenters. The van der Waals surface area contributed by atoms with Gasteiger partial charge in [0.25, 0.3) is 5.91 Å². The lowest BCUT2D eigenvalue weighted by molar-refractivity contribution is -0.385. The minimum atomic E-state index is -0.607. The van der Waals surface area contributed by atoms with Crippen LogP contribution in [-0.2, 0) is 0 Å². The van der Waals surface area contributed by atoms with Crippen LogP contribution in [0.1, 0.15) is 48.9 Å². The first kappa shape index (κ1) is 14.8. The third-order valence-electron chi connectivity index (χ3n) is 3.60. The van der Waals surface area contributed by atoms with Crippen molar-refractivity contribution in [1.29, 1.82) is 0 Å². The van der Waals surface area contributed by atoms with Gasteiger partial charge in [0.15, 0.2) is 0 Å². The summed E-state index contributed by atoms with van der Waals surface area (Å²) in [5.41, 5.74) is -0.285. The van der Waals surface area contributed by atoms with E-state index in [1.807, 2.05) is 0 Å². The molecule has 1 aliphatic carbocycles. The average molecular weight is 297 g/mol. The van der Waals surface area contributed by atoms with Crippen molar-refractivity contribution in [3.8, 4) is 0 Å². The monoisotopic (exact) mass is 296 g/mol. The quantitative estimate of drug-likeness (QED) is 0.525. The number of amides is 1. The van der Waals surface area contributed by atoms with Gasteiger partial charge in [0.2, 0.25) is 0 Å². The summed E-state index contributed by atoms with van der Waals surface area (Å²) in [4.78, 5) is 22.7. The van der Waals surface area contributed by atoms with E-state index in [9.17, 15) is 14.9 Å². The van der Waals surface area contributed by atoms with Crippen molar-refractivity contribution in [2.24, 2.45) is 0 Å². The second kappa shape index (κ2) is 6.70. The summed E-state index contributed by atoms with van der Waals surface area (Å²) in [6, 6.07) is 4.51. The average Bonchev–Trinajstić information content (AvgIpc) is 2.66. The normalized spacial score (nSPS) is 16.4. The molecule has 2 rings (SSSR count). The standard InChI is InChI=1S/C14H17ClN2O3/c15-12-9-5-8-11(13(12)17(19)20)14(18)16-10-6-3-1-2-4-7-10/h5,8-10H,1-4,6-7H2,(H,16,18). The molecule has 0 aromatic heterocycles. The van der Waals surface area contributed by atoms with Crippen LogP contribution in [0, 0.1) is 10.1 Å². The van der Waals surface area contributed by atoms with Gasteiger partial charge >= 0.3 is 5.69 Å². The molecule has 1 fully saturated rings. The summed E-state index contributed by atoms with van der Waals surface area (Å²) in [6.07, 6.45) is 6.40. The SMILES string of the molecule is O=C(NC1CCCCCC1)c1cccc(Cl)c1[N+](=O)[O-]. The Morgan fingerprint density at radius 1 is 1.25 bits per heavy atom. The van der Waals surface area contributed by atoms with E-state index in [4.69, 9.17) is 11.6 Å². The maximum absolute atomic E-state index is 12.2. The van der Waals surface area contributed by atoms with Gasteiger partial charge in [-0.2, -0.15) is 0 Å². The van der Waals surface area contributed by atoms with Gasteiger partial charge in [0.05, 0.1) is 4.92 Å². The Morgan fingerprint density at radius 3 is 2.50 bits per heavy atom. The first-order chi connectivity index (χ1) is 9.59. The summed E-state index contributed by atoms with van der Waals surface area (Å²) >= 11 is 5.82. The Balaban J connectivity index is 2.16. The number of hydrogen-bond acceptors (Lipinski definition) is 3. The fraction of sp³-hybridized carbons (Fsp3) is 0.500. The molecule has 1 aliphatic rings. The Hall–Kier alpha value is -1.62. The van der Waals surface area contributed by atoms with Crippen LogP contribution in [0.25, 0.3) is 0 Å². The number of carbonyl (C=O) groups is 1. The van der Waals surface area contributed by atoms with Gasteiger partial charge in [0.1, 0.15) is 10.6 Å². The van der Waals surface area contributed by atoms with Crippen molar-refractivity contribution in [2.75, 3.05) is 0 Å². The smallest absolute Gasteiger partial charge is 0.300 e. The van der Waals surface area contributed by atoms with Crippen LogP contribution in [0.4, 0.5) is 5.69 Å². The number of nitrogens with one attached hydrogen (secondary N) is 1. The van der Waals surface area contributed by atoms with Crippen LogP contribution in [0.15, 0.2) is 18.2 Å². The second-order valence-corrected chi connectivity index (χ2v) is 5.46. The van der Waals surface area contributed by atoms with Crippen molar-refractivity contribution in [3.63, 3.8) is 0 Å². The number of benzene rings is 1. The molecule has 0 radical (unpaired) electrons. The highest BCUT2D eigenvalue weighted by Gasteiger charge is 2.25. The second-order valence-electron chi connectivity index (χ2n) is 5.06. The molecule has 0 unspecified atom stereocenters. The van der Waals surface area contributed by atoms with Crippen LogP contribution in [0.3, 0.4) is 0 Å². The lowest BCUT2D eigenvalue weighted by Gasteiger charge is -2.16. The summed E-state index contributed by atoms with van der Waals surface area (Å²) in [5, 5.41) is 13.9. The van der Waals surface area contributed by atoms with Crippen molar-refractivity contribution in [3.05, 3.63) is 38.9 Å². The highest BCUT2D eigenvalue weighted by Crippen LogP contribution is 2.28. The zero-order valence-corrected chi connectivity index (χ0v) is 11.9. The van der Waals surface area contributed by atoms with Crippen LogP contribution < -0.4 is 5.32 Å². The molecule has 1 saturated carbocycles. The van der Waals surface area contributed by atoms with E-state index >= 15 is 0 Å². The number of nitro benzene ring substituents is 1. The highest BCUT2D eigenvalue weighted by molar-refractivity contribution is 6.33. The molecular weight excluding hydrogens is 280 g/mol. The maximum atomic E-state index is 12.2. The zero-order valence-electron chi connectivity index (χ0n) is 11.1. The number of nitrogens with zero attached hydrogens (tertiary/aromatic N) is 1. The van der Waals surface area contributed by atoms with Crippen molar-refractivity contribution in [1.82, 2.24) is 5.32 Å². The molecule has 1 aromatic carbocycles. The topological polar surface area (TPSA) is 72.2 Å². The van der Waals surface area contributed by atoms with Gasteiger partial charge in [-0.1, -0.05) is 43.4 Å². The molecule has 108 valence electrons. The summed E-state index contributed by atoms with van der Waals surface area (Å²) < 4.78 is 0. The summed E-state index contributed by atoms with van der Waals surface area (Å²) in [5.74, 6) is -0.411. The predicted octanol–water partition coefficient (Wildman–Crippen LogP) is 3.70. The van der Waals surface area contributed by atoms with Crippen LogP contribution in [0.2, 0.25) is 5.02 Å². The molecule has 5 nitrogen and oxygen atoms in total. The summed E-state index contributed by atoms with van der Waals surface area (Å²) in [6.45, 7) is 0. The van der Waals surface area contributed by atoms with Gasteiger partial charge in [-0.15, -0.1) is 0 Å². The van der Waals surface area contributed by atoms with E-state index in [1.165, 1.54) is 25.0 Å². The fourth-order valence-corrected chi connectivity index (χ4v) is 2.81. The molecule has 1 N–H and O–H groups in total. The highest BCUT2D eigenvalue weighted by atomic mass is 35.5. The van der Waals surface area contributed by atoms with Crippen LogP contribution >= 0.6 is 11.6 Å². The van der Waals surface area contributed by atoms with Gasteiger partial charge in [-0.3, -0.25) is 14.9 Å². The molecular formula is C14H17ClN2O3. The minimum Gasteiger partial charge on any atom is -0.349 e. The lowest BCUT2D eigenvalue weighted by Crippen LogP contribution is -2.34. The molecule has 6 heteroatoms. The minimum absolute atomic E-state index is 0.0106. The summed E-state index contributed by atoms with van der Waals surface area (Å²) in [7, 11) is 0. The molecule has 0 spiro atoms.